The second-order valence-corrected chi connectivity index (χ2v) is 6.84. The minimum atomic E-state index is -0.196. The molecule has 2 fully saturated rings. The predicted octanol–water partition coefficient (Wildman–Crippen LogP) is 3.40. The molecule has 0 aromatic heterocycles. The zero-order chi connectivity index (χ0) is 13.5. The van der Waals surface area contributed by atoms with Crippen molar-refractivity contribution in [2.75, 3.05) is 7.11 Å². The molecule has 0 aromatic rings. The van der Waals surface area contributed by atoms with Crippen molar-refractivity contribution >= 4 is 0 Å². The molecule has 0 bridgehead atoms. The van der Waals surface area contributed by atoms with Crippen molar-refractivity contribution in [2.24, 2.45) is 23.2 Å². The molecule has 2 aliphatic rings. The molecule has 0 spiro atoms. The molecule has 0 radical (unpaired) electrons. The molecular weight excluding hydrogens is 224 g/mol. The van der Waals surface area contributed by atoms with Gasteiger partial charge in [-0.1, -0.05) is 32.9 Å². The van der Waals surface area contributed by atoms with Crippen LogP contribution in [-0.4, -0.2) is 24.4 Å². The topological polar surface area (TPSA) is 29.5 Å². The minimum absolute atomic E-state index is 0.0264. The van der Waals surface area contributed by atoms with Gasteiger partial charge in [0.15, 0.2) is 0 Å². The molecule has 0 heterocycles. The molecule has 2 nitrogen and oxygen atoms in total. The summed E-state index contributed by atoms with van der Waals surface area (Å²) in [6, 6.07) is 0. The Hall–Kier alpha value is -0.340. The standard InChI is InChI=1S/C16H28O2/c1-10(2)12-8-9-16(4)13(17)7-6-11(3)14(16)15(12)18-5/h10,12-15,17H,3,6-9H2,1-2,4-5H3. The number of fused-ring (bicyclic) bond motifs is 1. The molecule has 5 unspecified atom stereocenters. The van der Waals surface area contributed by atoms with Gasteiger partial charge in [0.1, 0.15) is 0 Å². The zero-order valence-electron chi connectivity index (χ0n) is 12.3. The molecule has 0 aliphatic heterocycles. The number of aliphatic hydroxyl groups is 1. The van der Waals surface area contributed by atoms with E-state index >= 15 is 0 Å². The van der Waals surface area contributed by atoms with E-state index in [1.165, 1.54) is 5.57 Å². The van der Waals surface area contributed by atoms with Gasteiger partial charge in [-0.05, 0) is 37.5 Å². The predicted molar refractivity (Wildman–Crippen MR) is 74.3 cm³/mol. The van der Waals surface area contributed by atoms with Gasteiger partial charge in [-0.15, -0.1) is 0 Å². The van der Waals surface area contributed by atoms with Crippen LogP contribution >= 0.6 is 0 Å². The second-order valence-electron chi connectivity index (χ2n) is 6.84. The van der Waals surface area contributed by atoms with Gasteiger partial charge in [-0.3, -0.25) is 0 Å². The van der Waals surface area contributed by atoms with E-state index in [1.807, 2.05) is 7.11 Å². The largest absolute Gasteiger partial charge is 0.393 e. The minimum Gasteiger partial charge on any atom is -0.393 e. The molecule has 2 rings (SSSR count). The van der Waals surface area contributed by atoms with Gasteiger partial charge in [0.05, 0.1) is 12.2 Å². The highest BCUT2D eigenvalue weighted by Crippen LogP contribution is 2.55. The Kier molecular flexibility index (Phi) is 3.89. The van der Waals surface area contributed by atoms with Crippen LogP contribution in [0.4, 0.5) is 0 Å². The van der Waals surface area contributed by atoms with E-state index < -0.39 is 0 Å². The van der Waals surface area contributed by atoms with Crippen LogP contribution in [0.15, 0.2) is 12.2 Å². The molecule has 2 aliphatic carbocycles. The quantitative estimate of drug-likeness (QED) is 0.763. The van der Waals surface area contributed by atoms with E-state index in [0.29, 0.717) is 17.8 Å². The van der Waals surface area contributed by atoms with Crippen LogP contribution in [0, 0.1) is 23.2 Å². The van der Waals surface area contributed by atoms with Crippen LogP contribution in [-0.2, 0) is 4.74 Å². The highest BCUT2D eigenvalue weighted by Gasteiger charge is 2.53. The summed E-state index contributed by atoms with van der Waals surface area (Å²) in [7, 11) is 1.82. The Bertz CT molecular complexity index is 323. The van der Waals surface area contributed by atoms with Crippen LogP contribution in [0.25, 0.3) is 0 Å². The Balaban J connectivity index is 2.33. The van der Waals surface area contributed by atoms with E-state index in [1.54, 1.807) is 0 Å². The first-order valence-corrected chi connectivity index (χ1v) is 7.30. The van der Waals surface area contributed by atoms with Crippen LogP contribution in [0.5, 0.6) is 0 Å². The van der Waals surface area contributed by atoms with Crippen molar-refractivity contribution in [1.82, 2.24) is 0 Å². The Morgan fingerprint density at radius 2 is 2.06 bits per heavy atom. The maximum absolute atomic E-state index is 10.4. The average Bonchev–Trinajstić information content (AvgIpc) is 2.32. The van der Waals surface area contributed by atoms with Gasteiger partial charge >= 0.3 is 0 Å². The maximum Gasteiger partial charge on any atom is 0.0673 e. The lowest BCUT2D eigenvalue weighted by molar-refractivity contribution is -0.133. The van der Waals surface area contributed by atoms with Crippen molar-refractivity contribution in [3.8, 4) is 0 Å². The van der Waals surface area contributed by atoms with Crippen molar-refractivity contribution in [1.29, 1.82) is 0 Å². The fourth-order valence-electron chi connectivity index (χ4n) is 4.32. The van der Waals surface area contributed by atoms with Gasteiger partial charge in [-0.2, -0.15) is 0 Å². The molecule has 0 saturated heterocycles. The molecule has 2 heteroatoms. The summed E-state index contributed by atoms with van der Waals surface area (Å²) in [6.45, 7) is 11.1. The van der Waals surface area contributed by atoms with E-state index in [2.05, 4.69) is 27.4 Å². The number of hydrogen-bond acceptors (Lipinski definition) is 2. The Morgan fingerprint density at radius 1 is 1.39 bits per heavy atom. The summed E-state index contributed by atoms with van der Waals surface area (Å²) < 4.78 is 5.85. The lowest BCUT2D eigenvalue weighted by Crippen LogP contribution is -2.55. The van der Waals surface area contributed by atoms with E-state index in [-0.39, 0.29) is 17.6 Å². The monoisotopic (exact) mass is 252 g/mol. The first-order chi connectivity index (χ1) is 8.41. The number of methoxy groups -OCH3 is 1. The van der Waals surface area contributed by atoms with Crippen molar-refractivity contribution < 1.29 is 9.84 Å². The molecule has 0 amide bonds. The third-order valence-corrected chi connectivity index (χ3v) is 5.55. The van der Waals surface area contributed by atoms with E-state index in [0.717, 1.165) is 25.7 Å². The van der Waals surface area contributed by atoms with Crippen molar-refractivity contribution in [2.45, 2.75) is 58.7 Å². The average molecular weight is 252 g/mol. The first-order valence-electron chi connectivity index (χ1n) is 7.30. The van der Waals surface area contributed by atoms with Crippen LogP contribution in [0.1, 0.15) is 46.5 Å². The third-order valence-electron chi connectivity index (χ3n) is 5.55. The molecule has 5 atom stereocenters. The number of aliphatic hydroxyl groups excluding tert-OH is 1. The fourth-order valence-corrected chi connectivity index (χ4v) is 4.32. The number of hydrogen-bond donors (Lipinski definition) is 1. The van der Waals surface area contributed by atoms with Crippen LogP contribution < -0.4 is 0 Å². The zero-order valence-corrected chi connectivity index (χ0v) is 12.3. The molecular formula is C16H28O2. The van der Waals surface area contributed by atoms with Crippen LogP contribution in [0.3, 0.4) is 0 Å². The van der Waals surface area contributed by atoms with Gasteiger partial charge in [0.2, 0.25) is 0 Å². The summed E-state index contributed by atoms with van der Waals surface area (Å²) in [4.78, 5) is 0. The number of rotatable bonds is 2. The maximum atomic E-state index is 10.4. The van der Waals surface area contributed by atoms with E-state index in [4.69, 9.17) is 4.74 Å². The Labute approximate surface area is 111 Å². The summed E-state index contributed by atoms with van der Waals surface area (Å²) >= 11 is 0. The van der Waals surface area contributed by atoms with E-state index in [9.17, 15) is 5.11 Å². The van der Waals surface area contributed by atoms with Gasteiger partial charge in [-0.25, -0.2) is 0 Å². The van der Waals surface area contributed by atoms with Crippen molar-refractivity contribution in [3.05, 3.63) is 12.2 Å². The summed E-state index contributed by atoms with van der Waals surface area (Å²) in [5.41, 5.74) is 1.27. The molecule has 1 N–H and O–H groups in total. The van der Waals surface area contributed by atoms with Gasteiger partial charge < -0.3 is 9.84 Å². The van der Waals surface area contributed by atoms with Gasteiger partial charge in [0.25, 0.3) is 0 Å². The summed E-state index contributed by atoms with van der Waals surface area (Å²) in [5.74, 6) is 1.55. The number of ether oxygens (including phenoxy) is 1. The molecule has 18 heavy (non-hydrogen) atoms. The molecule has 104 valence electrons. The second kappa shape index (κ2) is 4.97. The fraction of sp³-hybridized carbons (Fsp3) is 0.875. The SMILES string of the molecule is C=C1CCC(O)C2(C)CCC(C(C)C)C(OC)C12. The summed E-state index contributed by atoms with van der Waals surface area (Å²) in [6.07, 6.45) is 4.11. The molecule has 0 aromatic carbocycles. The normalized spacial score (nSPS) is 45.1. The third kappa shape index (κ3) is 2.04. The highest BCUT2D eigenvalue weighted by molar-refractivity contribution is 5.18. The lowest BCUT2D eigenvalue weighted by atomic mass is 9.53. The van der Waals surface area contributed by atoms with Gasteiger partial charge in [0, 0.05) is 18.4 Å². The molecule has 2 saturated carbocycles. The van der Waals surface area contributed by atoms with Crippen molar-refractivity contribution in [3.63, 3.8) is 0 Å². The van der Waals surface area contributed by atoms with Crippen LogP contribution in [0.2, 0.25) is 0 Å². The lowest BCUT2D eigenvalue weighted by Gasteiger charge is -2.55. The first kappa shape index (κ1) is 14.1. The highest BCUT2D eigenvalue weighted by atomic mass is 16.5. The summed E-state index contributed by atoms with van der Waals surface area (Å²) in [5, 5.41) is 10.4. The Morgan fingerprint density at radius 3 is 2.61 bits per heavy atom. The smallest absolute Gasteiger partial charge is 0.0673 e.